The van der Waals surface area contributed by atoms with Gasteiger partial charge >= 0.3 is 0 Å². The smallest absolute Gasteiger partial charge is 0.222 e. The number of halogens is 2. The largest absolute Gasteiger partial charge is 0.340 e. The van der Waals surface area contributed by atoms with Gasteiger partial charge in [-0.25, -0.2) is 8.78 Å². The SMILES string of the molecule is O=C(CCc1cccc(F)c1F)N1CCN(Cc2ccccn2)CC1. The number of benzene rings is 1. The summed E-state index contributed by atoms with van der Waals surface area (Å²) in [6.45, 7) is 3.65. The highest BCUT2D eigenvalue weighted by molar-refractivity contribution is 5.76. The van der Waals surface area contributed by atoms with Gasteiger partial charge in [-0.1, -0.05) is 18.2 Å². The molecule has 1 fully saturated rings. The summed E-state index contributed by atoms with van der Waals surface area (Å²) in [5.74, 6) is -1.73. The van der Waals surface area contributed by atoms with Crippen molar-refractivity contribution in [3.63, 3.8) is 0 Å². The van der Waals surface area contributed by atoms with Gasteiger partial charge in [-0.3, -0.25) is 14.7 Å². The van der Waals surface area contributed by atoms with Crippen molar-refractivity contribution < 1.29 is 13.6 Å². The minimum atomic E-state index is -0.868. The number of amides is 1. The van der Waals surface area contributed by atoms with E-state index < -0.39 is 11.6 Å². The highest BCUT2D eigenvalue weighted by atomic mass is 19.2. The maximum absolute atomic E-state index is 13.6. The molecule has 1 saturated heterocycles. The van der Waals surface area contributed by atoms with E-state index >= 15 is 0 Å². The van der Waals surface area contributed by atoms with Gasteiger partial charge in [0.15, 0.2) is 11.6 Å². The molecule has 0 aliphatic carbocycles. The van der Waals surface area contributed by atoms with Crippen molar-refractivity contribution in [2.24, 2.45) is 0 Å². The predicted molar refractivity (Wildman–Crippen MR) is 90.8 cm³/mol. The Bertz CT molecular complexity index is 716. The Morgan fingerprint density at radius 3 is 2.56 bits per heavy atom. The van der Waals surface area contributed by atoms with Crippen LogP contribution in [0.1, 0.15) is 17.7 Å². The topological polar surface area (TPSA) is 36.4 Å². The average Bonchev–Trinajstić information content (AvgIpc) is 2.64. The second kappa shape index (κ2) is 8.16. The lowest BCUT2D eigenvalue weighted by Crippen LogP contribution is -2.48. The Morgan fingerprint density at radius 1 is 1.04 bits per heavy atom. The standard InChI is InChI=1S/C19H21F2N3O/c20-17-6-3-4-15(19(17)21)7-8-18(25)24-12-10-23(11-13-24)14-16-5-1-2-9-22-16/h1-6,9H,7-8,10-14H2. The van der Waals surface area contributed by atoms with E-state index in [1.807, 2.05) is 18.2 Å². The second-order valence-electron chi connectivity index (χ2n) is 6.19. The van der Waals surface area contributed by atoms with E-state index in [1.165, 1.54) is 12.1 Å². The zero-order valence-corrected chi connectivity index (χ0v) is 14.0. The number of pyridine rings is 1. The van der Waals surface area contributed by atoms with Crippen LogP contribution in [-0.4, -0.2) is 46.9 Å². The number of aryl methyl sites for hydroxylation is 1. The third kappa shape index (κ3) is 4.60. The van der Waals surface area contributed by atoms with Gasteiger partial charge in [0.05, 0.1) is 5.69 Å². The third-order valence-electron chi connectivity index (χ3n) is 4.48. The Balaban J connectivity index is 1.46. The van der Waals surface area contributed by atoms with Crippen LogP contribution < -0.4 is 0 Å². The summed E-state index contributed by atoms with van der Waals surface area (Å²) in [5.41, 5.74) is 1.27. The van der Waals surface area contributed by atoms with Crippen molar-refractivity contribution in [1.82, 2.24) is 14.8 Å². The number of rotatable bonds is 5. The molecule has 2 aromatic rings. The van der Waals surface area contributed by atoms with Gasteiger partial charge in [0.1, 0.15) is 0 Å². The van der Waals surface area contributed by atoms with Gasteiger partial charge in [-0.15, -0.1) is 0 Å². The van der Waals surface area contributed by atoms with Gasteiger partial charge in [0.25, 0.3) is 0 Å². The molecule has 0 bridgehead atoms. The van der Waals surface area contributed by atoms with Crippen LogP contribution in [0.15, 0.2) is 42.6 Å². The van der Waals surface area contributed by atoms with E-state index in [0.717, 1.165) is 31.4 Å². The molecular weight excluding hydrogens is 324 g/mol. The molecule has 0 unspecified atom stereocenters. The van der Waals surface area contributed by atoms with Crippen LogP contribution in [0.5, 0.6) is 0 Å². The van der Waals surface area contributed by atoms with E-state index in [-0.39, 0.29) is 24.3 Å². The molecule has 0 radical (unpaired) electrons. The first-order valence-electron chi connectivity index (χ1n) is 8.46. The summed E-state index contributed by atoms with van der Waals surface area (Å²) >= 11 is 0. The summed E-state index contributed by atoms with van der Waals surface area (Å²) in [4.78, 5) is 20.7. The molecule has 0 atom stereocenters. The molecule has 1 amide bonds. The normalized spacial score (nSPS) is 15.4. The highest BCUT2D eigenvalue weighted by Crippen LogP contribution is 2.14. The highest BCUT2D eigenvalue weighted by Gasteiger charge is 2.21. The van der Waals surface area contributed by atoms with Crippen LogP contribution in [0, 0.1) is 11.6 Å². The van der Waals surface area contributed by atoms with Crippen LogP contribution in [0.3, 0.4) is 0 Å². The maximum Gasteiger partial charge on any atom is 0.222 e. The molecule has 1 aromatic heterocycles. The van der Waals surface area contributed by atoms with Gasteiger partial charge < -0.3 is 4.90 Å². The third-order valence-corrected chi connectivity index (χ3v) is 4.48. The fourth-order valence-corrected chi connectivity index (χ4v) is 3.02. The summed E-state index contributed by atoms with van der Waals surface area (Å²) in [6, 6.07) is 9.92. The molecule has 1 aliphatic heterocycles. The van der Waals surface area contributed by atoms with Crippen molar-refractivity contribution >= 4 is 5.91 Å². The van der Waals surface area contributed by atoms with Crippen molar-refractivity contribution in [3.05, 3.63) is 65.5 Å². The number of hydrogen-bond donors (Lipinski definition) is 0. The van der Waals surface area contributed by atoms with E-state index in [4.69, 9.17) is 0 Å². The molecule has 3 rings (SSSR count). The number of hydrogen-bond acceptors (Lipinski definition) is 3. The molecule has 1 aliphatic rings. The number of aromatic nitrogens is 1. The molecule has 0 spiro atoms. The van der Waals surface area contributed by atoms with E-state index in [2.05, 4.69) is 9.88 Å². The molecule has 25 heavy (non-hydrogen) atoms. The zero-order valence-electron chi connectivity index (χ0n) is 14.0. The lowest BCUT2D eigenvalue weighted by molar-refractivity contribution is -0.133. The summed E-state index contributed by atoms with van der Waals surface area (Å²) in [5, 5.41) is 0. The van der Waals surface area contributed by atoms with Gasteiger partial charge in [-0.05, 0) is 30.2 Å². The van der Waals surface area contributed by atoms with Crippen molar-refractivity contribution in [2.45, 2.75) is 19.4 Å². The van der Waals surface area contributed by atoms with Crippen LogP contribution in [0.4, 0.5) is 8.78 Å². The van der Waals surface area contributed by atoms with Gasteiger partial charge in [0.2, 0.25) is 5.91 Å². The summed E-state index contributed by atoms with van der Waals surface area (Å²) in [7, 11) is 0. The fraction of sp³-hybridized carbons (Fsp3) is 0.368. The first-order valence-corrected chi connectivity index (χ1v) is 8.46. The number of nitrogens with zero attached hydrogens (tertiary/aromatic N) is 3. The second-order valence-corrected chi connectivity index (χ2v) is 6.19. The van der Waals surface area contributed by atoms with Gasteiger partial charge in [0, 0.05) is 45.3 Å². The Kier molecular flexibility index (Phi) is 5.71. The van der Waals surface area contributed by atoms with E-state index in [9.17, 15) is 13.6 Å². The van der Waals surface area contributed by atoms with Crippen LogP contribution in [-0.2, 0) is 17.8 Å². The lowest BCUT2D eigenvalue weighted by Gasteiger charge is -2.34. The molecule has 0 saturated carbocycles. The minimum absolute atomic E-state index is 0.0128. The summed E-state index contributed by atoms with van der Waals surface area (Å²) < 4.78 is 26.8. The van der Waals surface area contributed by atoms with Crippen LogP contribution >= 0.6 is 0 Å². The molecule has 1 aromatic carbocycles. The van der Waals surface area contributed by atoms with Crippen LogP contribution in [0.2, 0.25) is 0 Å². The lowest BCUT2D eigenvalue weighted by atomic mass is 10.1. The Morgan fingerprint density at radius 2 is 1.84 bits per heavy atom. The van der Waals surface area contributed by atoms with Crippen LogP contribution in [0.25, 0.3) is 0 Å². The molecular formula is C19H21F2N3O. The van der Waals surface area contributed by atoms with Crippen molar-refractivity contribution in [3.8, 4) is 0 Å². The van der Waals surface area contributed by atoms with Gasteiger partial charge in [-0.2, -0.15) is 0 Å². The molecule has 2 heterocycles. The number of carbonyl (C=O) groups is 1. The molecule has 6 heteroatoms. The minimum Gasteiger partial charge on any atom is -0.340 e. The quantitative estimate of drug-likeness (QED) is 0.836. The number of piperazine rings is 1. The van der Waals surface area contributed by atoms with Crippen molar-refractivity contribution in [1.29, 1.82) is 0 Å². The zero-order chi connectivity index (χ0) is 17.6. The summed E-state index contributed by atoms with van der Waals surface area (Å²) in [6.07, 6.45) is 2.19. The van der Waals surface area contributed by atoms with Crippen molar-refractivity contribution in [2.75, 3.05) is 26.2 Å². The molecule has 0 N–H and O–H groups in total. The first-order chi connectivity index (χ1) is 12.1. The molecule has 132 valence electrons. The monoisotopic (exact) mass is 345 g/mol. The fourth-order valence-electron chi connectivity index (χ4n) is 3.02. The Labute approximate surface area is 146 Å². The van der Waals surface area contributed by atoms with E-state index in [1.54, 1.807) is 11.1 Å². The maximum atomic E-state index is 13.6. The van der Waals surface area contributed by atoms with E-state index in [0.29, 0.717) is 13.1 Å². The Hall–Kier alpha value is -2.34. The first kappa shape index (κ1) is 17.5. The predicted octanol–water partition coefficient (Wildman–Crippen LogP) is 2.64. The molecule has 4 nitrogen and oxygen atoms in total. The number of carbonyl (C=O) groups excluding carboxylic acids is 1. The average molecular weight is 345 g/mol.